The molecule has 1 aromatic carbocycles. The van der Waals surface area contributed by atoms with Crippen LogP contribution in [0.5, 0.6) is 11.5 Å². The van der Waals surface area contributed by atoms with Crippen LogP contribution in [0.25, 0.3) is 0 Å². The molecule has 1 heterocycles. The zero-order chi connectivity index (χ0) is 20.0. The number of hydrogen-bond donors (Lipinski definition) is 2. The highest BCUT2D eigenvalue weighted by Gasteiger charge is 2.21. The van der Waals surface area contributed by atoms with Crippen LogP contribution in [0.15, 0.2) is 34.9 Å². The number of aliphatic hydroxyl groups excluding tert-OH is 1. The van der Waals surface area contributed by atoms with Gasteiger partial charge in [0.25, 0.3) is 0 Å². The van der Waals surface area contributed by atoms with E-state index in [0.717, 1.165) is 4.47 Å². The number of nitrogens with one attached hydrogen (secondary N) is 1. The largest absolute Gasteiger partial charge is 0.493 e. The van der Waals surface area contributed by atoms with E-state index < -0.39 is 15.9 Å². The van der Waals surface area contributed by atoms with Gasteiger partial charge in [-0.3, -0.25) is 0 Å². The number of aromatic nitrogens is 1. The molecular weight excluding hydrogens is 436 g/mol. The Bertz CT molecular complexity index is 889. The van der Waals surface area contributed by atoms with E-state index in [1.807, 2.05) is 6.92 Å². The van der Waals surface area contributed by atoms with Crippen molar-refractivity contribution >= 4 is 31.6 Å². The third-order valence-electron chi connectivity index (χ3n) is 3.77. The van der Waals surface area contributed by atoms with Gasteiger partial charge >= 0.3 is 0 Å². The van der Waals surface area contributed by atoms with E-state index in [-0.39, 0.29) is 12.4 Å². The first-order chi connectivity index (χ1) is 12.8. The third kappa shape index (κ3) is 6.08. The van der Waals surface area contributed by atoms with Crippen LogP contribution in [0.4, 0.5) is 5.82 Å². The molecule has 2 aromatic rings. The number of hydrogen-bond acceptors (Lipinski definition) is 7. The van der Waals surface area contributed by atoms with Gasteiger partial charge < -0.3 is 19.9 Å². The average molecular weight is 459 g/mol. The molecule has 0 aliphatic rings. The molecule has 0 spiro atoms. The van der Waals surface area contributed by atoms with E-state index in [1.165, 1.54) is 6.26 Å². The normalized spacial score (nSPS) is 12.5. The highest BCUT2D eigenvalue weighted by Crippen LogP contribution is 2.32. The van der Waals surface area contributed by atoms with Gasteiger partial charge in [-0.05, 0) is 46.6 Å². The van der Waals surface area contributed by atoms with Crippen molar-refractivity contribution in [1.82, 2.24) is 4.98 Å². The van der Waals surface area contributed by atoms with E-state index in [1.54, 1.807) is 37.6 Å². The summed E-state index contributed by atoms with van der Waals surface area (Å²) in [4.78, 5) is 4.27. The Balaban J connectivity index is 2.45. The lowest BCUT2D eigenvalue weighted by atomic mass is 10.1. The number of aliphatic hydroxyl groups is 1. The van der Waals surface area contributed by atoms with Crippen LogP contribution >= 0.6 is 15.9 Å². The van der Waals surface area contributed by atoms with Gasteiger partial charge in [0.1, 0.15) is 15.7 Å². The quantitative estimate of drug-likeness (QED) is 0.595. The minimum Gasteiger partial charge on any atom is -0.493 e. The number of sulfone groups is 1. The van der Waals surface area contributed by atoms with Crippen LogP contribution in [-0.2, 0) is 16.4 Å². The van der Waals surface area contributed by atoms with Gasteiger partial charge in [0, 0.05) is 22.5 Å². The molecule has 0 aliphatic heterocycles. The molecule has 0 amide bonds. The lowest BCUT2D eigenvalue weighted by Gasteiger charge is -2.22. The molecule has 1 aromatic heterocycles. The Kier molecular flexibility index (Phi) is 7.46. The van der Waals surface area contributed by atoms with Gasteiger partial charge in [-0.25, -0.2) is 13.4 Å². The van der Waals surface area contributed by atoms with Crippen LogP contribution in [0.3, 0.4) is 0 Å². The maximum Gasteiger partial charge on any atom is 0.161 e. The number of ether oxygens (including phenoxy) is 2. The molecule has 7 nitrogen and oxygen atoms in total. The number of anilines is 1. The second kappa shape index (κ2) is 9.38. The first-order valence-electron chi connectivity index (χ1n) is 8.27. The molecule has 2 N–H and O–H groups in total. The zero-order valence-corrected chi connectivity index (χ0v) is 17.8. The van der Waals surface area contributed by atoms with Gasteiger partial charge in [-0.1, -0.05) is 6.07 Å². The molecule has 1 atom stereocenters. The molecular formula is C18H23BrN2O5S. The van der Waals surface area contributed by atoms with E-state index in [0.29, 0.717) is 35.1 Å². The molecule has 0 saturated heterocycles. The summed E-state index contributed by atoms with van der Waals surface area (Å²) >= 11 is 3.31. The number of pyridine rings is 1. The van der Waals surface area contributed by atoms with Crippen molar-refractivity contribution < 1.29 is 23.0 Å². The van der Waals surface area contributed by atoms with Gasteiger partial charge in [-0.2, -0.15) is 0 Å². The third-order valence-corrected chi connectivity index (χ3v) is 5.15. The number of methoxy groups -OCH3 is 1. The van der Waals surface area contributed by atoms with Crippen molar-refractivity contribution in [1.29, 1.82) is 0 Å². The summed E-state index contributed by atoms with van der Waals surface area (Å²) in [5, 5.41) is 12.7. The number of benzene rings is 1. The van der Waals surface area contributed by atoms with Crippen LogP contribution in [0.1, 0.15) is 24.1 Å². The lowest BCUT2D eigenvalue weighted by Crippen LogP contribution is -2.22. The first kappa shape index (κ1) is 21.5. The molecule has 0 aliphatic carbocycles. The monoisotopic (exact) mass is 458 g/mol. The predicted molar refractivity (Wildman–Crippen MR) is 108 cm³/mol. The van der Waals surface area contributed by atoms with Crippen molar-refractivity contribution in [2.24, 2.45) is 0 Å². The molecule has 9 heteroatoms. The molecule has 0 saturated carbocycles. The summed E-state index contributed by atoms with van der Waals surface area (Å²) < 4.78 is 35.6. The Morgan fingerprint density at radius 2 is 2.04 bits per heavy atom. The molecule has 148 valence electrons. The van der Waals surface area contributed by atoms with Crippen molar-refractivity contribution in [2.75, 3.05) is 31.0 Å². The fourth-order valence-corrected chi connectivity index (χ4v) is 3.86. The fraction of sp³-hybridized carbons (Fsp3) is 0.389. The minimum absolute atomic E-state index is 0.145. The van der Waals surface area contributed by atoms with Gasteiger partial charge in [0.15, 0.2) is 11.5 Å². The van der Waals surface area contributed by atoms with Crippen molar-refractivity contribution in [3.63, 3.8) is 0 Å². The van der Waals surface area contributed by atoms with E-state index in [2.05, 4.69) is 26.2 Å². The number of halogens is 1. The minimum atomic E-state index is -3.29. The second-order valence-electron chi connectivity index (χ2n) is 5.95. The molecule has 1 unspecified atom stereocenters. The van der Waals surface area contributed by atoms with Gasteiger partial charge in [0.2, 0.25) is 0 Å². The van der Waals surface area contributed by atoms with Gasteiger partial charge in [0.05, 0.1) is 32.1 Å². The summed E-state index contributed by atoms with van der Waals surface area (Å²) in [6.07, 6.45) is 2.76. The van der Waals surface area contributed by atoms with Crippen LogP contribution < -0.4 is 14.8 Å². The van der Waals surface area contributed by atoms with Crippen LogP contribution in [0, 0.1) is 0 Å². The number of nitrogens with zero attached hydrogens (tertiary/aromatic N) is 1. The van der Waals surface area contributed by atoms with Gasteiger partial charge in [-0.15, -0.1) is 0 Å². The second-order valence-corrected chi connectivity index (χ2v) is 9.05. The highest BCUT2D eigenvalue weighted by molar-refractivity contribution is 9.10. The summed E-state index contributed by atoms with van der Waals surface area (Å²) in [5.41, 5.74) is 1.26. The zero-order valence-electron chi connectivity index (χ0n) is 15.4. The maximum absolute atomic E-state index is 12.0. The Morgan fingerprint density at radius 1 is 1.30 bits per heavy atom. The van der Waals surface area contributed by atoms with E-state index in [4.69, 9.17) is 9.47 Å². The van der Waals surface area contributed by atoms with Crippen LogP contribution in [0.2, 0.25) is 0 Å². The topological polar surface area (TPSA) is 97.8 Å². The Hall–Kier alpha value is -1.84. The van der Waals surface area contributed by atoms with E-state index >= 15 is 0 Å². The predicted octanol–water partition coefficient (Wildman–Crippen LogP) is 2.94. The summed E-state index contributed by atoms with van der Waals surface area (Å²) in [7, 11) is -1.75. The molecule has 0 bridgehead atoms. The summed E-state index contributed by atoms with van der Waals surface area (Å²) in [5.74, 6) is 1.37. The summed E-state index contributed by atoms with van der Waals surface area (Å²) in [6.45, 7) is 2.08. The van der Waals surface area contributed by atoms with Crippen molar-refractivity contribution in [2.45, 2.75) is 19.6 Å². The molecule has 0 radical (unpaired) electrons. The lowest BCUT2D eigenvalue weighted by molar-refractivity contribution is 0.282. The fourth-order valence-electron chi connectivity index (χ4n) is 2.60. The molecule has 2 rings (SSSR count). The highest BCUT2D eigenvalue weighted by atomic mass is 79.9. The number of rotatable bonds is 9. The molecule has 27 heavy (non-hydrogen) atoms. The SMILES string of the molecule is CCOc1cc(C(CS(C)(=O)=O)Nc2ncc(Br)cc2CO)ccc1OC. The Labute approximate surface area is 167 Å². The average Bonchev–Trinajstić information content (AvgIpc) is 2.61. The maximum atomic E-state index is 12.0. The van der Waals surface area contributed by atoms with E-state index in [9.17, 15) is 13.5 Å². The van der Waals surface area contributed by atoms with Crippen molar-refractivity contribution in [3.05, 3.63) is 46.1 Å². The smallest absolute Gasteiger partial charge is 0.161 e. The molecule has 0 fully saturated rings. The Morgan fingerprint density at radius 3 is 2.63 bits per heavy atom. The van der Waals surface area contributed by atoms with Crippen LogP contribution in [-0.4, -0.2) is 44.2 Å². The first-order valence-corrected chi connectivity index (χ1v) is 11.1. The van der Waals surface area contributed by atoms with Crippen molar-refractivity contribution in [3.8, 4) is 11.5 Å². The summed E-state index contributed by atoms with van der Waals surface area (Å²) in [6, 6.07) is 6.42. The standard InChI is InChI=1S/C18H23BrN2O5S/c1-4-26-17-8-12(5-6-16(17)25-2)15(11-27(3,23)24)21-18-13(10-22)7-14(19)9-20-18/h5-9,15,22H,4,10-11H2,1-3H3,(H,20,21).